The molecule has 4 rings (SSSR count). The van der Waals surface area contributed by atoms with Crippen LogP contribution in [0.25, 0.3) is 22.5 Å². The molecule has 30 heavy (non-hydrogen) atoms. The Morgan fingerprint density at radius 2 is 2.10 bits per heavy atom. The molecule has 3 aromatic heterocycles. The van der Waals surface area contributed by atoms with Gasteiger partial charge in [-0.05, 0) is 37.3 Å². The van der Waals surface area contributed by atoms with Gasteiger partial charge in [0.2, 0.25) is 5.91 Å². The number of carbonyl (C=O) groups excluding carboxylic acids is 1. The molecule has 0 aliphatic rings. The molecule has 3 heterocycles. The fourth-order valence-corrected chi connectivity index (χ4v) is 3.26. The quantitative estimate of drug-likeness (QED) is 0.501. The third kappa shape index (κ3) is 3.73. The molecule has 154 valence electrons. The summed E-state index contributed by atoms with van der Waals surface area (Å²) < 4.78 is 39.2. The lowest BCUT2D eigenvalue weighted by Gasteiger charge is -2.09. The van der Waals surface area contributed by atoms with Crippen LogP contribution in [0.5, 0.6) is 5.75 Å². The first-order chi connectivity index (χ1) is 14.5. The minimum Gasteiger partial charge on any atom is -0.497 e. The number of anilines is 1. The molecule has 9 heteroatoms. The van der Waals surface area contributed by atoms with Gasteiger partial charge in [-0.15, -0.1) is 0 Å². The summed E-state index contributed by atoms with van der Waals surface area (Å²) in [6.45, 7) is 1.41. The fourth-order valence-electron chi connectivity index (χ4n) is 3.26. The summed E-state index contributed by atoms with van der Waals surface area (Å²) >= 11 is 0. The van der Waals surface area contributed by atoms with Crippen molar-refractivity contribution in [2.75, 3.05) is 12.4 Å². The number of rotatable bonds is 6. The number of ether oxygens (including phenoxy) is 1. The van der Waals surface area contributed by atoms with E-state index in [9.17, 15) is 13.6 Å². The number of furan rings is 1. The second kappa shape index (κ2) is 7.94. The molecule has 4 aromatic rings. The molecule has 0 saturated heterocycles. The Labute approximate surface area is 170 Å². The summed E-state index contributed by atoms with van der Waals surface area (Å²) in [5, 5.41) is 7.25. The standard InChI is InChI=1S/C21H18F2N4O3/c1-12-19-15(20(22)23)10-16(17-7-4-8-30-17)25-21(19)27(26-12)11-18(28)24-13-5-3-6-14(9-13)29-2/h3-10,20H,11H2,1-2H3,(H,24,28). The van der Waals surface area contributed by atoms with E-state index in [2.05, 4.69) is 15.4 Å². The zero-order chi connectivity index (χ0) is 21.3. The van der Waals surface area contributed by atoms with E-state index < -0.39 is 6.43 Å². The number of alkyl halides is 2. The number of carbonyl (C=O) groups is 1. The number of aryl methyl sites for hydroxylation is 1. The number of aromatic nitrogens is 3. The topological polar surface area (TPSA) is 82.2 Å². The van der Waals surface area contributed by atoms with Crippen molar-refractivity contribution in [3.05, 3.63) is 60.0 Å². The Bertz CT molecular complexity index is 1200. The van der Waals surface area contributed by atoms with Crippen LogP contribution in [0.2, 0.25) is 0 Å². The van der Waals surface area contributed by atoms with Gasteiger partial charge >= 0.3 is 0 Å². The van der Waals surface area contributed by atoms with Gasteiger partial charge in [-0.2, -0.15) is 5.10 Å². The van der Waals surface area contributed by atoms with Gasteiger partial charge in [0.25, 0.3) is 6.43 Å². The lowest BCUT2D eigenvalue weighted by Crippen LogP contribution is -2.19. The summed E-state index contributed by atoms with van der Waals surface area (Å²) in [5.41, 5.74) is 1.15. The lowest BCUT2D eigenvalue weighted by atomic mass is 10.1. The van der Waals surface area contributed by atoms with E-state index in [1.54, 1.807) is 43.3 Å². The van der Waals surface area contributed by atoms with E-state index in [1.165, 1.54) is 24.1 Å². The minimum absolute atomic E-state index is 0.192. The lowest BCUT2D eigenvalue weighted by molar-refractivity contribution is -0.116. The van der Waals surface area contributed by atoms with Crippen LogP contribution in [-0.2, 0) is 11.3 Å². The van der Waals surface area contributed by atoms with Crippen LogP contribution in [0.15, 0.2) is 53.1 Å². The van der Waals surface area contributed by atoms with Crippen LogP contribution in [0.3, 0.4) is 0 Å². The first kappa shape index (κ1) is 19.6. The number of nitrogens with one attached hydrogen (secondary N) is 1. The molecule has 0 atom stereocenters. The van der Waals surface area contributed by atoms with Crippen LogP contribution in [0, 0.1) is 6.92 Å². The Kier molecular flexibility index (Phi) is 5.18. The van der Waals surface area contributed by atoms with Crippen molar-refractivity contribution in [1.29, 1.82) is 0 Å². The van der Waals surface area contributed by atoms with Gasteiger partial charge in [0.1, 0.15) is 18.0 Å². The highest BCUT2D eigenvalue weighted by atomic mass is 19.3. The predicted molar refractivity (Wildman–Crippen MR) is 107 cm³/mol. The Morgan fingerprint density at radius 1 is 1.27 bits per heavy atom. The number of amides is 1. The van der Waals surface area contributed by atoms with E-state index in [4.69, 9.17) is 9.15 Å². The molecule has 0 spiro atoms. The van der Waals surface area contributed by atoms with Gasteiger partial charge < -0.3 is 14.5 Å². The molecular weight excluding hydrogens is 394 g/mol. The Morgan fingerprint density at radius 3 is 2.80 bits per heavy atom. The predicted octanol–water partition coefficient (Wildman–Crippen LogP) is 4.58. The molecule has 0 aliphatic carbocycles. The number of halogens is 2. The van der Waals surface area contributed by atoms with Crippen molar-refractivity contribution in [2.45, 2.75) is 19.9 Å². The van der Waals surface area contributed by atoms with Gasteiger partial charge in [-0.25, -0.2) is 18.4 Å². The second-order valence-corrected chi connectivity index (χ2v) is 6.60. The summed E-state index contributed by atoms with van der Waals surface area (Å²) in [6.07, 6.45) is -1.29. The maximum Gasteiger partial charge on any atom is 0.264 e. The maximum atomic E-state index is 13.7. The zero-order valence-electron chi connectivity index (χ0n) is 16.2. The fraction of sp³-hybridized carbons (Fsp3) is 0.190. The van der Waals surface area contributed by atoms with Gasteiger partial charge in [0, 0.05) is 17.3 Å². The van der Waals surface area contributed by atoms with Crippen LogP contribution < -0.4 is 10.1 Å². The van der Waals surface area contributed by atoms with Crippen molar-refractivity contribution < 1.29 is 22.7 Å². The van der Waals surface area contributed by atoms with E-state index in [1.807, 2.05) is 0 Å². The number of benzene rings is 1. The monoisotopic (exact) mass is 412 g/mol. The van der Waals surface area contributed by atoms with Crippen molar-refractivity contribution >= 4 is 22.6 Å². The molecule has 1 aromatic carbocycles. The largest absolute Gasteiger partial charge is 0.497 e. The van der Waals surface area contributed by atoms with Crippen molar-refractivity contribution in [3.8, 4) is 17.2 Å². The highest BCUT2D eigenvalue weighted by Gasteiger charge is 2.22. The zero-order valence-corrected chi connectivity index (χ0v) is 16.2. The van der Waals surface area contributed by atoms with Crippen LogP contribution >= 0.6 is 0 Å². The highest BCUT2D eigenvalue weighted by molar-refractivity contribution is 5.92. The molecule has 1 amide bonds. The number of pyridine rings is 1. The summed E-state index contributed by atoms with van der Waals surface area (Å²) in [5.74, 6) is 0.570. The SMILES string of the molecule is COc1cccc(NC(=O)Cn2nc(C)c3c(C(F)F)cc(-c4ccco4)nc32)c1. The van der Waals surface area contributed by atoms with Gasteiger partial charge in [-0.1, -0.05) is 6.07 Å². The third-order valence-corrected chi connectivity index (χ3v) is 4.56. The maximum absolute atomic E-state index is 13.7. The van der Waals surface area contributed by atoms with E-state index in [0.29, 0.717) is 22.9 Å². The normalized spacial score (nSPS) is 11.2. The second-order valence-electron chi connectivity index (χ2n) is 6.60. The third-order valence-electron chi connectivity index (χ3n) is 4.56. The summed E-state index contributed by atoms with van der Waals surface area (Å²) in [6, 6.07) is 11.5. The molecule has 1 N–H and O–H groups in total. The van der Waals surface area contributed by atoms with Crippen molar-refractivity contribution in [1.82, 2.24) is 14.8 Å². The summed E-state index contributed by atoms with van der Waals surface area (Å²) in [4.78, 5) is 17.0. The van der Waals surface area contributed by atoms with Crippen LogP contribution in [0.1, 0.15) is 17.7 Å². The number of hydrogen-bond donors (Lipinski definition) is 1. The average molecular weight is 412 g/mol. The van der Waals surface area contributed by atoms with Gasteiger partial charge in [0.15, 0.2) is 11.4 Å². The van der Waals surface area contributed by atoms with E-state index in [0.717, 1.165) is 0 Å². The first-order valence-corrected chi connectivity index (χ1v) is 9.10. The van der Waals surface area contributed by atoms with Crippen LogP contribution in [-0.4, -0.2) is 27.8 Å². The highest BCUT2D eigenvalue weighted by Crippen LogP contribution is 2.33. The molecule has 0 aliphatic heterocycles. The average Bonchev–Trinajstić information content (AvgIpc) is 3.36. The Balaban J connectivity index is 1.71. The van der Waals surface area contributed by atoms with E-state index in [-0.39, 0.29) is 34.7 Å². The van der Waals surface area contributed by atoms with Gasteiger partial charge in [-0.3, -0.25) is 4.79 Å². The molecule has 0 bridgehead atoms. The number of fused-ring (bicyclic) bond motifs is 1. The molecule has 0 fully saturated rings. The van der Waals surface area contributed by atoms with Crippen LogP contribution in [0.4, 0.5) is 14.5 Å². The minimum atomic E-state index is -2.73. The molecule has 0 radical (unpaired) electrons. The van der Waals surface area contributed by atoms with Gasteiger partial charge in [0.05, 0.1) is 24.5 Å². The van der Waals surface area contributed by atoms with E-state index >= 15 is 0 Å². The molecule has 0 unspecified atom stereocenters. The smallest absolute Gasteiger partial charge is 0.264 e. The number of methoxy groups -OCH3 is 1. The first-order valence-electron chi connectivity index (χ1n) is 9.10. The number of nitrogens with zero attached hydrogens (tertiary/aromatic N) is 3. The molecule has 7 nitrogen and oxygen atoms in total. The van der Waals surface area contributed by atoms with Crippen molar-refractivity contribution in [3.63, 3.8) is 0 Å². The molecule has 0 saturated carbocycles. The molecular formula is C21H18F2N4O3. The Hall–Kier alpha value is -3.75. The number of hydrogen-bond acceptors (Lipinski definition) is 5. The summed E-state index contributed by atoms with van der Waals surface area (Å²) in [7, 11) is 1.53. The van der Waals surface area contributed by atoms with Crippen molar-refractivity contribution in [2.24, 2.45) is 0 Å².